The Morgan fingerprint density at radius 2 is 1.84 bits per heavy atom. The van der Waals surface area contributed by atoms with Crippen LogP contribution in [0.15, 0.2) is 12.7 Å². The van der Waals surface area contributed by atoms with Crippen LogP contribution < -0.4 is 10.6 Å². The average Bonchev–Trinajstić information content (AvgIpc) is 2.51. The first-order valence-electron chi connectivity index (χ1n) is 9.22. The lowest BCUT2D eigenvalue weighted by Gasteiger charge is -2.32. The van der Waals surface area contributed by atoms with Gasteiger partial charge >= 0.3 is 0 Å². The van der Waals surface area contributed by atoms with E-state index in [1.807, 2.05) is 0 Å². The third kappa shape index (κ3) is 10.7. The maximum absolute atomic E-state index is 12.8. The fourth-order valence-electron chi connectivity index (χ4n) is 3.20. The third-order valence-electron chi connectivity index (χ3n) is 4.12. The Labute approximate surface area is 153 Å². The fraction of sp³-hybridized carbons (Fsp3) is 0.750. The summed E-state index contributed by atoms with van der Waals surface area (Å²) in [5, 5.41) is 5.28. The van der Waals surface area contributed by atoms with E-state index in [0.717, 1.165) is 19.3 Å². The van der Waals surface area contributed by atoms with E-state index in [1.54, 1.807) is 6.08 Å². The molecule has 2 atom stereocenters. The van der Waals surface area contributed by atoms with E-state index in [2.05, 4.69) is 51.8 Å². The summed E-state index contributed by atoms with van der Waals surface area (Å²) in [4.78, 5) is 35.4. The van der Waals surface area contributed by atoms with Gasteiger partial charge < -0.3 is 10.6 Å². The van der Waals surface area contributed by atoms with Crippen LogP contribution in [0, 0.1) is 23.2 Å². The summed E-state index contributed by atoms with van der Waals surface area (Å²) in [6, 6.07) is 0. The molecule has 0 spiro atoms. The second kappa shape index (κ2) is 11.8. The molecule has 25 heavy (non-hydrogen) atoms. The Morgan fingerprint density at radius 3 is 2.32 bits per heavy atom. The number of ketones is 1. The van der Waals surface area contributed by atoms with Crippen LogP contribution in [-0.2, 0) is 14.4 Å². The summed E-state index contributed by atoms with van der Waals surface area (Å²) < 4.78 is 0. The van der Waals surface area contributed by atoms with Crippen molar-refractivity contribution in [1.29, 1.82) is 0 Å². The second-order valence-electron chi connectivity index (χ2n) is 8.34. The molecule has 0 aromatic carbocycles. The van der Waals surface area contributed by atoms with Gasteiger partial charge in [0.05, 0.1) is 0 Å². The molecule has 5 nitrogen and oxygen atoms in total. The number of amides is 2. The molecule has 0 bridgehead atoms. The molecule has 0 rings (SSSR count). The van der Waals surface area contributed by atoms with Crippen molar-refractivity contribution in [3.63, 3.8) is 0 Å². The average molecular weight is 353 g/mol. The summed E-state index contributed by atoms with van der Waals surface area (Å²) in [6.45, 7) is 15.1. The highest BCUT2D eigenvalue weighted by Crippen LogP contribution is 2.35. The van der Waals surface area contributed by atoms with E-state index < -0.39 is 5.91 Å². The van der Waals surface area contributed by atoms with Gasteiger partial charge in [0.15, 0.2) is 0 Å². The number of hydrogen-bond donors (Lipinski definition) is 2. The lowest BCUT2D eigenvalue weighted by atomic mass is 9.72. The maximum Gasteiger partial charge on any atom is 0.287 e. The van der Waals surface area contributed by atoms with E-state index in [-0.39, 0.29) is 23.0 Å². The minimum absolute atomic E-state index is 0.0653. The van der Waals surface area contributed by atoms with E-state index >= 15 is 0 Å². The molecule has 0 saturated heterocycles. The van der Waals surface area contributed by atoms with Crippen LogP contribution in [0.3, 0.4) is 0 Å². The maximum atomic E-state index is 12.8. The largest absolute Gasteiger partial charge is 0.359 e. The van der Waals surface area contributed by atoms with Gasteiger partial charge in [0.2, 0.25) is 12.2 Å². The van der Waals surface area contributed by atoms with Gasteiger partial charge in [-0.15, -0.1) is 6.58 Å². The molecule has 2 unspecified atom stereocenters. The first kappa shape index (κ1) is 23.4. The topological polar surface area (TPSA) is 75.3 Å². The molecule has 0 heterocycles. The molecule has 5 heteroatoms. The predicted molar refractivity (Wildman–Crippen MR) is 102 cm³/mol. The quantitative estimate of drug-likeness (QED) is 0.231. The van der Waals surface area contributed by atoms with E-state index in [9.17, 15) is 14.4 Å². The van der Waals surface area contributed by atoms with Crippen LogP contribution in [0.25, 0.3) is 0 Å². The van der Waals surface area contributed by atoms with Crippen molar-refractivity contribution in [2.24, 2.45) is 23.2 Å². The Balaban J connectivity index is 5.27. The molecule has 0 fully saturated rings. The van der Waals surface area contributed by atoms with E-state index in [0.29, 0.717) is 31.8 Å². The smallest absolute Gasteiger partial charge is 0.287 e. The number of Topliss-reactive ketones (excluding diaryl/α,β-unsaturated/α-hetero) is 1. The third-order valence-corrected chi connectivity index (χ3v) is 4.12. The second-order valence-corrected chi connectivity index (χ2v) is 8.34. The standard InChI is InChI=1S/C20H36N2O3/c1-7-10-22-19(25)18(24)17(12-15(2)3)16(13-20(4,5)6)9-8-11-21-14-23/h7,14-17H,1,8-13H2,2-6H3,(H,21,23)(H,22,25). The highest BCUT2D eigenvalue weighted by atomic mass is 16.2. The molecular weight excluding hydrogens is 316 g/mol. The van der Waals surface area contributed by atoms with Crippen LogP contribution in [0.2, 0.25) is 0 Å². The minimum atomic E-state index is -0.518. The zero-order valence-corrected chi connectivity index (χ0v) is 16.6. The van der Waals surface area contributed by atoms with Gasteiger partial charge in [-0.25, -0.2) is 0 Å². The Morgan fingerprint density at radius 1 is 1.20 bits per heavy atom. The van der Waals surface area contributed by atoms with Crippen LogP contribution in [0.1, 0.15) is 60.3 Å². The van der Waals surface area contributed by atoms with Crippen molar-refractivity contribution in [3.8, 4) is 0 Å². The molecule has 0 aliphatic carbocycles. The minimum Gasteiger partial charge on any atom is -0.359 e. The Kier molecular flexibility index (Phi) is 11.0. The summed E-state index contributed by atoms with van der Waals surface area (Å²) in [7, 11) is 0. The number of hydrogen-bond acceptors (Lipinski definition) is 3. The van der Waals surface area contributed by atoms with Gasteiger partial charge in [-0.3, -0.25) is 14.4 Å². The number of carbonyl (C=O) groups excluding carboxylic acids is 3. The molecule has 0 aromatic rings. The zero-order chi connectivity index (χ0) is 19.5. The normalized spacial score (nSPS) is 13.8. The van der Waals surface area contributed by atoms with Gasteiger partial charge in [0.1, 0.15) is 0 Å². The lowest BCUT2D eigenvalue weighted by molar-refractivity contribution is -0.141. The van der Waals surface area contributed by atoms with Gasteiger partial charge in [-0.1, -0.05) is 40.7 Å². The monoisotopic (exact) mass is 352 g/mol. The van der Waals surface area contributed by atoms with Crippen molar-refractivity contribution in [3.05, 3.63) is 12.7 Å². The molecule has 0 aliphatic rings. The van der Waals surface area contributed by atoms with Crippen LogP contribution in [0.5, 0.6) is 0 Å². The number of carbonyl (C=O) groups is 3. The highest BCUT2D eigenvalue weighted by Gasteiger charge is 2.34. The van der Waals surface area contributed by atoms with Gasteiger partial charge in [0.25, 0.3) is 5.91 Å². The van der Waals surface area contributed by atoms with E-state index in [1.165, 1.54) is 0 Å². The van der Waals surface area contributed by atoms with Crippen molar-refractivity contribution >= 4 is 18.1 Å². The van der Waals surface area contributed by atoms with Crippen molar-refractivity contribution in [2.45, 2.75) is 60.3 Å². The van der Waals surface area contributed by atoms with Crippen molar-refractivity contribution < 1.29 is 14.4 Å². The SMILES string of the molecule is C=CCNC(=O)C(=O)C(CC(C)C)C(CCCNC=O)CC(C)(C)C. The van der Waals surface area contributed by atoms with Gasteiger partial charge in [-0.05, 0) is 42.9 Å². The van der Waals surface area contributed by atoms with Gasteiger partial charge in [0, 0.05) is 19.0 Å². The summed E-state index contributed by atoms with van der Waals surface area (Å²) >= 11 is 0. The van der Waals surface area contributed by atoms with Crippen LogP contribution >= 0.6 is 0 Å². The van der Waals surface area contributed by atoms with Crippen LogP contribution in [0.4, 0.5) is 0 Å². The Hall–Kier alpha value is -1.65. The van der Waals surface area contributed by atoms with Crippen molar-refractivity contribution in [1.82, 2.24) is 10.6 Å². The fourth-order valence-corrected chi connectivity index (χ4v) is 3.20. The molecule has 2 amide bonds. The molecule has 0 aliphatic heterocycles. The molecule has 0 radical (unpaired) electrons. The van der Waals surface area contributed by atoms with E-state index in [4.69, 9.17) is 0 Å². The van der Waals surface area contributed by atoms with Crippen molar-refractivity contribution in [2.75, 3.05) is 13.1 Å². The first-order chi connectivity index (χ1) is 11.6. The molecular formula is C20H36N2O3. The van der Waals surface area contributed by atoms with Gasteiger partial charge in [-0.2, -0.15) is 0 Å². The highest BCUT2D eigenvalue weighted by molar-refractivity contribution is 6.37. The zero-order valence-electron chi connectivity index (χ0n) is 16.6. The molecule has 144 valence electrons. The summed E-state index contributed by atoms with van der Waals surface area (Å²) in [5.74, 6) is -0.682. The summed E-state index contributed by atoms with van der Waals surface area (Å²) in [6.07, 6.45) is 5.44. The predicted octanol–water partition coefficient (Wildman–Crippen LogP) is 3.10. The lowest BCUT2D eigenvalue weighted by Crippen LogP contribution is -2.40. The molecule has 0 aromatic heterocycles. The Bertz CT molecular complexity index is 439. The number of rotatable bonds is 13. The molecule has 2 N–H and O–H groups in total. The first-order valence-corrected chi connectivity index (χ1v) is 9.22. The summed E-state index contributed by atoms with van der Waals surface area (Å²) in [5.41, 5.74) is 0.0653. The molecule has 0 saturated carbocycles. The van der Waals surface area contributed by atoms with Crippen LogP contribution in [-0.4, -0.2) is 31.2 Å². The number of nitrogens with one attached hydrogen (secondary N) is 2.